The van der Waals surface area contributed by atoms with E-state index in [-0.39, 0.29) is 19.1 Å². The summed E-state index contributed by atoms with van der Waals surface area (Å²) in [5, 5.41) is 2.72. The van der Waals surface area contributed by atoms with Gasteiger partial charge in [-0.2, -0.15) is 13.2 Å². The minimum absolute atomic E-state index is 0.0847. The van der Waals surface area contributed by atoms with Crippen LogP contribution in [0.1, 0.15) is 15.9 Å². The van der Waals surface area contributed by atoms with Crippen molar-refractivity contribution < 1.29 is 31.1 Å². The molecule has 1 aliphatic heterocycles. The number of carbonyl (C=O) groups is 1. The summed E-state index contributed by atoms with van der Waals surface area (Å²) in [6.07, 6.45) is -3.71. The molecule has 0 aliphatic carbocycles. The third-order valence-electron chi connectivity index (χ3n) is 4.95. The third-order valence-corrected chi connectivity index (χ3v) is 6.62. The molecule has 4 rings (SSSR count). The van der Waals surface area contributed by atoms with Crippen molar-refractivity contribution in [1.29, 1.82) is 0 Å². The zero-order chi connectivity index (χ0) is 23.6. The number of sulfonamides is 1. The van der Waals surface area contributed by atoms with Crippen LogP contribution in [0.3, 0.4) is 0 Å². The van der Waals surface area contributed by atoms with E-state index >= 15 is 0 Å². The maximum Gasteiger partial charge on any atom is 0.417 e. The fourth-order valence-corrected chi connectivity index (χ4v) is 4.44. The van der Waals surface area contributed by atoms with Gasteiger partial charge in [0.05, 0.1) is 29.3 Å². The number of hydrogen-bond donors (Lipinski definition) is 1. The van der Waals surface area contributed by atoms with Crippen molar-refractivity contribution in [3.8, 4) is 11.3 Å². The maximum absolute atomic E-state index is 12.7. The first-order chi connectivity index (χ1) is 15.6. The monoisotopic (exact) mass is 477 g/mol. The average molecular weight is 477 g/mol. The Morgan fingerprint density at radius 1 is 1.06 bits per heavy atom. The minimum Gasteiger partial charge on any atom is -0.359 e. The Bertz CT molecular complexity index is 1260. The highest BCUT2D eigenvalue weighted by molar-refractivity contribution is 7.92. The summed E-state index contributed by atoms with van der Waals surface area (Å²) in [7, 11) is -3.46. The van der Waals surface area contributed by atoms with Gasteiger partial charge >= 0.3 is 6.18 Å². The van der Waals surface area contributed by atoms with E-state index in [9.17, 15) is 26.4 Å². The molecular weight excluding hydrogens is 459 g/mol. The van der Waals surface area contributed by atoms with E-state index in [1.165, 1.54) is 30.3 Å². The molecule has 1 aliphatic rings. The predicted octanol–water partition coefficient (Wildman–Crippen LogP) is 4.14. The Hall–Kier alpha value is -3.44. The first-order valence-corrected chi connectivity index (χ1v) is 11.4. The number of benzene rings is 2. The van der Waals surface area contributed by atoms with E-state index in [0.717, 1.165) is 16.6 Å². The van der Waals surface area contributed by atoms with Gasteiger partial charge in [-0.15, -0.1) is 0 Å². The fraction of sp³-hybridized carbons (Fsp3) is 0.182. The van der Waals surface area contributed by atoms with Crippen LogP contribution in [0.25, 0.3) is 11.3 Å². The van der Waals surface area contributed by atoms with Crippen LogP contribution in [-0.4, -0.2) is 38.4 Å². The topological polar surface area (TPSA) is 88.6 Å². The molecule has 3 aromatic rings. The summed E-state index contributed by atoms with van der Waals surface area (Å²) in [4.78, 5) is 16.5. The molecule has 1 N–H and O–H groups in total. The smallest absolute Gasteiger partial charge is 0.359 e. The van der Waals surface area contributed by atoms with Crippen molar-refractivity contribution in [2.75, 3.05) is 28.7 Å². The molecule has 0 unspecified atom stereocenters. The number of carbonyl (C=O) groups excluding carboxylic acids is 1. The largest absolute Gasteiger partial charge is 0.417 e. The summed E-state index contributed by atoms with van der Waals surface area (Å²) in [5.74, 6) is -0.545. The number of amides is 1. The number of hydrogen-bond acceptors (Lipinski definition) is 5. The first kappa shape index (κ1) is 22.7. The van der Waals surface area contributed by atoms with Crippen molar-refractivity contribution in [1.82, 2.24) is 4.98 Å². The van der Waals surface area contributed by atoms with Crippen molar-refractivity contribution in [3.63, 3.8) is 0 Å². The van der Waals surface area contributed by atoms with Gasteiger partial charge in [0, 0.05) is 23.0 Å². The lowest BCUT2D eigenvalue weighted by atomic mass is 10.1. The average Bonchev–Trinajstić information content (AvgIpc) is 2.79. The summed E-state index contributed by atoms with van der Waals surface area (Å²) < 4.78 is 68.9. The molecule has 0 radical (unpaired) electrons. The molecule has 2 aromatic carbocycles. The lowest BCUT2D eigenvalue weighted by Crippen LogP contribution is -2.41. The zero-order valence-electron chi connectivity index (χ0n) is 17.0. The van der Waals surface area contributed by atoms with Gasteiger partial charge in [-0.3, -0.25) is 9.78 Å². The molecule has 1 saturated heterocycles. The normalized spacial score (nSPS) is 15.8. The Kier molecular flexibility index (Phi) is 6.09. The minimum atomic E-state index is -4.47. The predicted molar refractivity (Wildman–Crippen MR) is 116 cm³/mol. The molecule has 33 heavy (non-hydrogen) atoms. The van der Waals surface area contributed by atoms with Gasteiger partial charge in [0.2, 0.25) is 10.0 Å². The summed E-state index contributed by atoms with van der Waals surface area (Å²) in [6, 6.07) is 14.8. The van der Waals surface area contributed by atoms with Gasteiger partial charge in [-0.1, -0.05) is 12.1 Å². The molecule has 2 heterocycles. The van der Waals surface area contributed by atoms with Crippen LogP contribution in [0.2, 0.25) is 0 Å². The van der Waals surface area contributed by atoms with Crippen LogP contribution < -0.4 is 9.62 Å². The standard InChI is InChI=1S/C22H18F3N3O4S/c23-22(24,25)17-6-9-20(26-13-17)16-2-1-3-18(12-16)27-21(29)15-4-7-19(8-5-15)28-14-32-10-11-33(28,30)31/h1-9,12-13H,10-11,14H2,(H,27,29). The summed E-state index contributed by atoms with van der Waals surface area (Å²) in [5.41, 5.74) is 1.13. The highest BCUT2D eigenvalue weighted by atomic mass is 32.2. The number of halogens is 3. The number of ether oxygens (including phenoxy) is 1. The lowest BCUT2D eigenvalue weighted by molar-refractivity contribution is -0.137. The summed E-state index contributed by atoms with van der Waals surface area (Å²) in [6.45, 7) is 0.0546. The fourth-order valence-electron chi connectivity index (χ4n) is 3.21. The van der Waals surface area contributed by atoms with E-state index in [1.54, 1.807) is 24.3 Å². The molecule has 1 fully saturated rings. The van der Waals surface area contributed by atoms with Gasteiger partial charge in [-0.05, 0) is 48.5 Å². The number of nitrogens with zero attached hydrogens (tertiary/aromatic N) is 2. The highest BCUT2D eigenvalue weighted by Gasteiger charge is 2.30. The van der Waals surface area contributed by atoms with E-state index in [4.69, 9.17) is 4.74 Å². The second-order valence-corrected chi connectivity index (χ2v) is 9.23. The molecule has 7 nitrogen and oxygen atoms in total. The van der Waals surface area contributed by atoms with Gasteiger partial charge in [0.1, 0.15) is 6.73 Å². The van der Waals surface area contributed by atoms with Crippen molar-refractivity contribution >= 4 is 27.3 Å². The van der Waals surface area contributed by atoms with Gasteiger partial charge in [-0.25, -0.2) is 12.7 Å². The van der Waals surface area contributed by atoms with Crippen LogP contribution in [0.5, 0.6) is 0 Å². The number of pyridine rings is 1. The second-order valence-electron chi connectivity index (χ2n) is 7.21. The van der Waals surface area contributed by atoms with Gasteiger partial charge in [0.25, 0.3) is 5.91 Å². The Morgan fingerprint density at radius 3 is 2.45 bits per heavy atom. The lowest BCUT2D eigenvalue weighted by Gasteiger charge is -2.28. The number of anilines is 2. The molecule has 1 amide bonds. The van der Waals surface area contributed by atoms with E-state index < -0.39 is 27.7 Å². The van der Waals surface area contributed by atoms with Crippen LogP contribution in [0.4, 0.5) is 24.5 Å². The molecule has 1 aromatic heterocycles. The van der Waals surface area contributed by atoms with Gasteiger partial charge in [0.15, 0.2) is 0 Å². The number of aromatic nitrogens is 1. The molecule has 0 atom stereocenters. The SMILES string of the molecule is O=C(Nc1cccc(-c2ccc(C(F)(F)F)cn2)c1)c1ccc(N2COCCS2(=O)=O)cc1. The van der Waals surface area contributed by atoms with Gasteiger partial charge < -0.3 is 10.1 Å². The maximum atomic E-state index is 12.7. The quantitative estimate of drug-likeness (QED) is 0.610. The number of nitrogens with one attached hydrogen (secondary N) is 1. The summed E-state index contributed by atoms with van der Waals surface area (Å²) >= 11 is 0. The van der Waals surface area contributed by atoms with Crippen molar-refractivity contribution in [3.05, 3.63) is 78.0 Å². The molecule has 11 heteroatoms. The molecular formula is C22H18F3N3O4S. The molecule has 0 bridgehead atoms. The van der Waals surface area contributed by atoms with E-state index in [0.29, 0.717) is 28.2 Å². The second kappa shape index (κ2) is 8.83. The highest BCUT2D eigenvalue weighted by Crippen LogP contribution is 2.30. The Balaban J connectivity index is 1.48. The van der Waals surface area contributed by atoms with Crippen molar-refractivity contribution in [2.45, 2.75) is 6.18 Å². The van der Waals surface area contributed by atoms with E-state index in [1.807, 2.05) is 0 Å². The van der Waals surface area contributed by atoms with E-state index in [2.05, 4.69) is 10.3 Å². The Labute approximate surface area is 187 Å². The van der Waals surface area contributed by atoms with Crippen LogP contribution in [0.15, 0.2) is 66.9 Å². The van der Waals surface area contributed by atoms with Crippen LogP contribution in [-0.2, 0) is 20.9 Å². The molecule has 172 valence electrons. The molecule has 0 spiro atoms. The third kappa shape index (κ3) is 5.15. The number of alkyl halides is 3. The molecule has 0 saturated carbocycles. The van der Waals surface area contributed by atoms with Crippen LogP contribution >= 0.6 is 0 Å². The number of rotatable bonds is 4. The Morgan fingerprint density at radius 2 is 1.82 bits per heavy atom. The van der Waals surface area contributed by atoms with Crippen LogP contribution in [0, 0.1) is 0 Å². The van der Waals surface area contributed by atoms with Crippen molar-refractivity contribution in [2.24, 2.45) is 0 Å². The zero-order valence-corrected chi connectivity index (χ0v) is 17.9. The first-order valence-electron chi connectivity index (χ1n) is 9.77.